The van der Waals surface area contributed by atoms with Gasteiger partial charge in [0.05, 0.1) is 0 Å². The molecule has 0 heterocycles. The lowest BCUT2D eigenvalue weighted by Crippen LogP contribution is -2.30. The van der Waals surface area contributed by atoms with E-state index in [1.165, 1.54) is 0 Å². The number of hydrogen-bond acceptors (Lipinski definition) is 2. The van der Waals surface area contributed by atoms with Gasteiger partial charge in [0.15, 0.2) is 0 Å². The molecule has 2 rings (SSSR count). The lowest BCUT2D eigenvalue weighted by Gasteiger charge is -2.06. The van der Waals surface area contributed by atoms with Gasteiger partial charge in [-0.25, -0.2) is 0 Å². The van der Waals surface area contributed by atoms with Gasteiger partial charge in [0, 0.05) is 29.0 Å². The summed E-state index contributed by atoms with van der Waals surface area (Å²) in [6.45, 7) is 3.26. The van der Waals surface area contributed by atoms with Crippen LogP contribution in [0.4, 0.5) is 0 Å². The summed E-state index contributed by atoms with van der Waals surface area (Å²) in [4.78, 5) is 23.4. The SMILES string of the molecule is C[C@@H]1C[C@@H]1C(=O)NCCCNC(=O)c1ccc(Br)cc1. The second-order valence-corrected chi connectivity index (χ2v) is 6.14. The Hall–Kier alpha value is -1.36. The van der Waals surface area contributed by atoms with Gasteiger partial charge in [-0.2, -0.15) is 0 Å². The van der Waals surface area contributed by atoms with Gasteiger partial charge in [-0.15, -0.1) is 0 Å². The first-order chi connectivity index (χ1) is 9.58. The molecule has 2 N–H and O–H groups in total. The highest BCUT2D eigenvalue weighted by Crippen LogP contribution is 2.37. The third kappa shape index (κ3) is 4.34. The van der Waals surface area contributed by atoms with Crippen molar-refractivity contribution in [1.82, 2.24) is 10.6 Å². The van der Waals surface area contributed by atoms with Crippen LogP contribution in [0.1, 0.15) is 30.1 Å². The van der Waals surface area contributed by atoms with Crippen molar-refractivity contribution in [1.29, 1.82) is 0 Å². The number of amides is 2. The van der Waals surface area contributed by atoms with Crippen LogP contribution in [-0.2, 0) is 4.79 Å². The van der Waals surface area contributed by atoms with E-state index in [1.807, 2.05) is 12.1 Å². The van der Waals surface area contributed by atoms with E-state index in [4.69, 9.17) is 0 Å². The molecule has 4 nitrogen and oxygen atoms in total. The molecule has 20 heavy (non-hydrogen) atoms. The van der Waals surface area contributed by atoms with Crippen molar-refractivity contribution in [2.24, 2.45) is 11.8 Å². The van der Waals surface area contributed by atoms with Crippen LogP contribution in [-0.4, -0.2) is 24.9 Å². The fraction of sp³-hybridized carbons (Fsp3) is 0.467. The number of hydrogen-bond donors (Lipinski definition) is 2. The maximum absolute atomic E-state index is 11.8. The fourth-order valence-corrected chi connectivity index (χ4v) is 2.29. The van der Waals surface area contributed by atoms with E-state index < -0.39 is 0 Å². The molecule has 1 aromatic carbocycles. The molecule has 0 unspecified atom stereocenters. The van der Waals surface area contributed by atoms with Crippen LogP contribution in [0.2, 0.25) is 0 Å². The molecule has 0 spiro atoms. The maximum Gasteiger partial charge on any atom is 0.251 e. The van der Waals surface area contributed by atoms with E-state index in [1.54, 1.807) is 12.1 Å². The molecule has 108 valence electrons. The number of halogens is 1. The second-order valence-electron chi connectivity index (χ2n) is 5.23. The van der Waals surface area contributed by atoms with Crippen molar-refractivity contribution in [2.75, 3.05) is 13.1 Å². The minimum atomic E-state index is -0.0837. The van der Waals surface area contributed by atoms with E-state index in [9.17, 15) is 9.59 Å². The molecule has 0 aliphatic heterocycles. The largest absolute Gasteiger partial charge is 0.356 e. The molecular formula is C15H19BrN2O2. The highest BCUT2D eigenvalue weighted by Gasteiger charge is 2.38. The van der Waals surface area contributed by atoms with Gasteiger partial charge >= 0.3 is 0 Å². The molecule has 5 heteroatoms. The van der Waals surface area contributed by atoms with Crippen molar-refractivity contribution in [3.8, 4) is 0 Å². The molecule has 0 saturated heterocycles. The van der Waals surface area contributed by atoms with Gasteiger partial charge in [-0.3, -0.25) is 9.59 Å². The molecule has 2 amide bonds. The first kappa shape index (κ1) is 15.0. The predicted molar refractivity (Wildman–Crippen MR) is 81.4 cm³/mol. The predicted octanol–water partition coefficient (Wildman–Crippen LogP) is 2.34. The molecular weight excluding hydrogens is 320 g/mol. The molecule has 0 bridgehead atoms. The topological polar surface area (TPSA) is 58.2 Å². The number of carbonyl (C=O) groups is 2. The number of benzene rings is 1. The molecule has 1 aromatic rings. The summed E-state index contributed by atoms with van der Waals surface area (Å²) in [6.07, 6.45) is 1.75. The lowest BCUT2D eigenvalue weighted by atomic mass is 10.2. The summed E-state index contributed by atoms with van der Waals surface area (Å²) in [7, 11) is 0. The average Bonchev–Trinajstić information content (AvgIpc) is 3.16. The Morgan fingerprint density at radius 3 is 2.40 bits per heavy atom. The van der Waals surface area contributed by atoms with Crippen LogP contribution < -0.4 is 10.6 Å². The van der Waals surface area contributed by atoms with Crippen molar-refractivity contribution >= 4 is 27.7 Å². The van der Waals surface area contributed by atoms with Crippen molar-refractivity contribution < 1.29 is 9.59 Å². The number of nitrogens with one attached hydrogen (secondary N) is 2. The molecule has 1 fully saturated rings. The molecule has 2 atom stereocenters. The van der Waals surface area contributed by atoms with Crippen LogP contribution in [0.15, 0.2) is 28.7 Å². The average molecular weight is 339 g/mol. The summed E-state index contributed by atoms with van der Waals surface area (Å²) in [6, 6.07) is 7.23. The zero-order valence-corrected chi connectivity index (χ0v) is 13.1. The second kappa shape index (κ2) is 6.88. The van der Waals surface area contributed by atoms with Gasteiger partial charge in [-0.05, 0) is 43.0 Å². The van der Waals surface area contributed by atoms with E-state index in [2.05, 4.69) is 33.5 Å². The Morgan fingerprint density at radius 2 is 1.80 bits per heavy atom. The first-order valence-corrected chi connectivity index (χ1v) is 7.68. The van der Waals surface area contributed by atoms with Gasteiger partial charge in [0.1, 0.15) is 0 Å². The summed E-state index contributed by atoms with van der Waals surface area (Å²) in [5, 5.41) is 5.74. The zero-order chi connectivity index (χ0) is 14.5. The van der Waals surface area contributed by atoms with Gasteiger partial charge in [0.25, 0.3) is 5.91 Å². The van der Waals surface area contributed by atoms with Crippen LogP contribution in [0.3, 0.4) is 0 Å². The van der Waals surface area contributed by atoms with Gasteiger partial charge in [0.2, 0.25) is 5.91 Å². The minimum Gasteiger partial charge on any atom is -0.356 e. The standard InChI is InChI=1S/C15H19BrN2O2/c1-10-9-13(10)15(20)18-8-2-7-17-14(19)11-3-5-12(16)6-4-11/h3-6,10,13H,2,7-9H2,1H3,(H,17,19)(H,18,20)/t10-,13+/m1/s1. The van der Waals surface area contributed by atoms with E-state index in [0.717, 1.165) is 17.3 Å². The summed E-state index contributed by atoms with van der Waals surface area (Å²) in [5.74, 6) is 0.816. The third-order valence-corrected chi connectivity index (χ3v) is 4.02. The molecule has 0 aromatic heterocycles. The van der Waals surface area contributed by atoms with Gasteiger partial charge in [-0.1, -0.05) is 22.9 Å². The Kier molecular flexibility index (Phi) is 5.17. The minimum absolute atomic E-state index is 0.0837. The Morgan fingerprint density at radius 1 is 1.20 bits per heavy atom. The summed E-state index contributed by atoms with van der Waals surface area (Å²) < 4.78 is 0.950. The zero-order valence-electron chi connectivity index (χ0n) is 11.5. The quantitative estimate of drug-likeness (QED) is 0.782. The molecule has 0 radical (unpaired) electrons. The number of rotatable bonds is 6. The van der Waals surface area contributed by atoms with Crippen LogP contribution in [0, 0.1) is 11.8 Å². The van der Waals surface area contributed by atoms with Crippen molar-refractivity contribution in [2.45, 2.75) is 19.8 Å². The smallest absolute Gasteiger partial charge is 0.251 e. The third-order valence-electron chi connectivity index (χ3n) is 3.49. The van der Waals surface area contributed by atoms with E-state index in [0.29, 0.717) is 24.6 Å². The van der Waals surface area contributed by atoms with Crippen LogP contribution in [0.25, 0.3) is 0 Å². The van der Waals surface area contributed by atoms with Crippen molar-refractivity contribution in [3.63, 3.8) is 0 Å². The summed E-state index contributed by atoms with van der Waals surface area (Å²) in [5.41, 5.74) is 0.643. The van der Waals surface area contributed by atoms with Crippen molar-refractivity contribution in [3.05, 3.63) is 34.3 Å². The maximum atomic E-state index is 11.8. The molecule has 1 saturated carbocycles. The molecule has 1 aliphatic rings. The highest BCUT2D eigenvalue weighted by molar-refractivity contribution is 9.10. The summed E-state index contributed by atoms with van der Waals surface area (Å²) >= 11 is 3.33. The highest BCUT2D eigenvalue weighted by atomic mass is 79.9. The normalized spacial score (nSPS) is 20.3. The Labute approximate surface area is 127 Å². The monoisotopic (exact) mass is 338 g/mol. The van der Waals surface area contributed by atoms with Crippen LogP contribution >= 0.6 is 15.9 Å². The van der Waals surface area contributed by atoms with Gasteiger partial charge < -0.3 is 10.6 Å². The van der Waals surface area contributed by atoms with E-state index in [-0.39, 0.29) is 17.7 Å². The first-order valence-electron chi connectivity index (χ1n) is 6.89. The number of carbonyl (C=O) groups excluding carboxylic acids is 2. The Balaban J connectivity index is 1.60. The van der Waals surface area contributed by atoms with E-state index >= 15 is 0 Å². The molecule has 1 aliphatic carbocycles. The lowest BCUT2D eigenvalue weighted by molar-refractivity contribution is -0.122. The van der Waals surface area contributed by atoms with Crippen LogP contribution in [0.5, 0.6) is 0 Å². The Bertz CT molecular complexity index is 487. The fourth-order valence-electron chi connectivity index (χ4n) is 2.02.